The van der Waals surface area contributed by atoms with Crippen molar-refractivity contribution in [3.63, 3.8) is 0 Å². The molecule has 0 unspecified atom stereocenters. The highest BCUT2D eigenvalue weighted by Crippen LogP contribution is 2.20. The average Bonchev–Trinajstić information content (AvgIpc) is 2.13. The van der Waals surface area contributed by atoms with Crippen molar-refractivity contribution in [2.75, 3.05) is 0 Å². The minimum atomic E-state index is -1.50. The minimum absolute atomic E-state index is 0.103. The van der Waals surface area contributed by atoms with Crippen molar-refractivity contribution in [1.29, 1.82) is 0 Å². The lowest BCUT2D eigenvalue weighted by molar-refractivity contribution is 0.439. The molecule has 0 aliphatic rings. The third-order valence-electron chi connectivity index (χ3n) is 1.68. The zero-order valence-corrected chi connectivity index (χ0v) is 6.73. The molecule has 1 rings (SSSR count). The van der Waals surface area contributed by atoms with E-state index in [4.69, 9.17) is 5.73 Å². The average molecular weight is 187 g/mol. The van der Waals surface area contributed by atoms with Gasteiger partial charge < -0.3 is 5.73 Å². The van der Waals surface area contributed by atoms with E-state index in [1.807, 2.05) is 0 Å². The maximum atomic E-state index is 13.0. The fourth-order valence-electron chi connectivity index (χ4n) is 0.925. The summed E-state index contributed by atoms with van der Waals surface area (Å²) in [7, 11) is 0. The lowest BCUT2D eigenvalue weighted by atomic mass is 10.1. The fraction of sp³-hybridized carbons (Fsp3) is 0.111. The maximum Gasteiger partial charge on any atom is 0.194 e. The molecule has 0 bridgehead atoms. The number of halogens is 3. The first-order chi connectivity index (χ1) is 6.07. The quantitative estimate of drug-likeness (QED) is 0.558. The molecule has 0 saturated heterocycles. The first-order valence-corrected chi connectivity index (χ1v) is 3.59. The van der Waals surface area contributed by atoms with Crippen molar-refractivity contribution in [3.05, 3.63) is 47.8 Å². The smallest absolute Gasteiger partial charge is 0.194 e. The van der Waals surface area contributed by atoms with Crippen LogP contribution in [0.25, 0.3) is 0 Å². The largest absolute Gasteiger partial charge is 0.321 e. The van der Waals surface area contributed by atoms with Crippen molar-refractivity contribution >= 4 is 0 Å². The van der Waals surface area contributed by atoms with E-state index >= 15 is 0 Å². The van der Waals surface area contributed by atoms with Gasteiger partial charge in [0.05, 0.1) is 6.04 Å². The van der Waals surface area contributed by atoms with Gasteiger partial charge in [0.2, 0.25) is 0 Å². The van der Waals surface area contributed by atoms with Crippen LogP contribution in [0.1, 0.15) is 11.6 Å². The van der Waals surface area contributed by atoms with E-state index in [1.165, 1.54) is 6.08 Å². The van der Waals surface area contributed by atoms with E-state index in [1.54, 1.807) is 0 Å². The molecule has 1 nitrogen and oxygen atoms in total. The number of rotatable bonds is 2. The van der Waals surface area contributed by atoms with Crippen LogP contribution in [0.3, 0.4) is 0 Å². The second-order valence-electron chi connectivity index (χ2n) is 2.53. The summed E-state index contributed by atoms with van der Waals surface area (Å²) in [6, 6.07) is 1.10. The van der Waals surface area contributed by atoms with Gasteiger partial charge in [0.25, 0.3) is 0 Å². The molecule has 0 aliphatic carbocycles. The predicted octanol–water partition coefficient (Wildman–Crippen LogP) is 2.29. The molecule has 0 fully saturated rings. The van der Waals surface area contributed by atoms with Crippen molar-refractivity contribution < 1.29 is 13.2 Å². The maximum absolute atomic E-state index is 13.0. The van der Waals surface area contributed by atoms with E-state index in [2.05, 4.69) is 6.58 Å². The molecule has 13 heavy (non-hydrogen) atoms. The Hall–Kier alpha value is -1.29. The van der Waals surface area contributed by atoms with E-state index in [0.29, 0.717) is 0 Å². The number of nitrogens with two attached hydrogens (primary N) is 1. The lowest BCUT2D eigenvalue weighted by Gasteiger charge is -2.08. The minimum Gasteiger partial charge on any atom is -0.321 e. The molecule has 1 atom stereocenters. The van der Waals surface area contributed by atoms with Crippen LogP contribution in [0, 0.1) is 17.5 Å². The zero-order valence-electron chi connectivity index (χ0n) is 6.73. The van der Waals surface area contributed by atoms with Gasteiger partial charge >= 0.3 is 0 Å². The highest BCUT2D eigenvalue weighted by molar-refractivity contribution is 5.25. The molecule has 0 amide bonds. The van der Waals surface area contributed by atoms with Gasteiger partial charge in [-0.25, -0.2) is 13.2 Å². The molecule has 0 aromatic heterocycles. The summed E-state index contributed by atoms with van der Waals surface area (Å²) in [5.41, 5.74) is 5.26. The second-order valence-corrected chi connectivity index (χ2v) is 2.53. The van der Waals surface area contributed by atoms with E-state index in [0.717, 1.165) is 12.1 Å². The van der Waals surface area contributed by atoms with Crippen LogP contribution in [0.15, 0.2) is 24.8 Å². The molecule has 2 N–H and O–H groups in total. The van der Waals surface area contributed by atoms with Crippen LogP contribution in [0.2, 0.25) is 0 Å². The summed E-state index contributed by atoms with van der Waals surface area (Å²) < 4.78 is 38.1. The Morgan fingerprint density at radius 2 is 1.85 bits per heavy atom. The Morgan fingerprint density at radius 1 is 1.23 bits per heavy atom. The SMILES string of the molecule is C=C[C@@H](N)c1ccc(F)c(F)c1F. The molecule has 1 aromatic carbocycles. The van der Waals surface area contributed by atoms with Crippen molar-refractivity contribution in [3.8, 4) is 0 Å². The third-order valence-corrected chi connectivity index (χ3v) is 1.68. The number of benzene rings is 1. The summed E-state index contributed by atoms with van der Waals surface area (Å²) in [5, 5.41) is 0. The van der Waals surface area contributed by atoms with Crippen molar-refractivity contribution in [2.45, 2.75) is 6.04 Å². The van der Waals surface area contributed by atoms with Gasteiger partial charge in [0.15, 0.2) is 17.5 Å². The number of hydrogen-bond donors (Lipinski definition) is 1. The first-order valence-electron chi connectivity index (χ1n) is 3.59. The standard InChI is InChI=1S/C9H8F3N/c1-2-7(13)5-3-4-6(10)9(12)8(5)11/h2-4,7H,1,13H2/t7-/m1/s1. The van der Waals surface area contributed by atoms with Gasteiger partial charge in [-0.1, -0.05) is 12.1 Å². The Balaban J connectivity index is 3.25. The summed E-state index contributed by atoms with van der Waals surface area (Å²) in [4.78, 5) is 0. The zero-order chi connectivity index (χ0) is 10.0. The Kier molecular flexibility index (Phi) is 2.72. The van der Waals surface area contributed by atoms with Crippen LogP contribution >= 0.6 is 0 Å². The van der Waals surface area contributed by atoms with Crippen molar-refractivity contribution in [1.82, 2.24) is 0 Å². The Labute approximate surface area is 73.7 Å². The monoisotopic (exact) mass is 187 g/mol. The molecule has 0 saturated carbocycles. The molecule has 0 radical (unpaired) electrons. The van der Waals surface area contributed by atoms with Crippen LogP contribution in [-0.2, 0) is 0 Å². The lowest BCUT2D eigenvalue weighted by Crippen LogP contribution is -2.10. The highest BCUT2D eigenvalue weighted by atomic mass is 19.2. The molecule has 0 heterocycles. The summed E-state index contributed by atoms with van der Waals surface area (Å²) in [6.45, 7) is 3.32. The van der Waals surface area contributed by atoms with E-state index < -0.39 is 23.5 Å². The molecule has 70 valence electrons. The summed E-state index contributed by atoms with van der Waals surface area (Å²) >= 11 is 0. The van der Waals surface area contributed by atoms with E-state index in [-0.39, 0.29) is 5.56 Å². The third kappa shape index (κ3) is 1.72. The van der Waals surface area contributed by atoms with Gasteiger partial charge in [-0.15, -0.1) is 6.58 Å². The van der Waals surface area contributed by atoms with Crippen LogP contribution in [-0.4, -0.2) is 0 Å². The molecule has 1 aromatic rings. The highest BCUT2D eigenvalue weighted by Gasteiger charge is 2.15. The summed E-state index contributed by atoms with van der Waals surface area (Å²) in [6.07, 6.45) is 1.25. The topological polar surface area (TPSA) is 26.0 Å². The Bertz CT molecular complexity index is 336. The molecule has 0 spiro atoms. The van der Waals surface area contributed by atoms with Gasteiger partial charge in [-0.2, -0.15) is 0 Å². The molecular weight excluding hydrogens is 179 g/mol. The van der Waals surface area contributed by atoms with Gasteiger partial charge in [0, 0.05) is 5.56 Å². The normalized spacial score (nSPS) is 12.6. The van der Waals surface area contributed by atoms with Gasteiger partial charge in [-0.3, -0.25) is 0 Å². The van der Waals surface area contributed by atoms with Gasteiger partial charge in [0.1, 0.15) is 0 Å². The molecular formula is C9H8F3N. The predicted molar refractivity (Wildman–Crippen MR) is 43.4 cm³/mol. The second kappa shape index (κ2) is 3.62. The first kappa shape index (κ1) is 9.80. The van der Waals surface area contributed by atoms with Crippen LogP contribution < -0.4 is 5.73 Å². The number of hydrogen-bond acceptors (Lipinski definition) is 1. The Morgan fingerprint density at radius 3 is 2.38 bits per heavy atom. The van der Waals surface area contributed by atoms with Crippen LogP contribution in [0.5, 0.6) is 0 Å². The summed E-state index contributed by atoms with van der Waals surface area (Å²) in [5.74, 6) is -3.99. The molecule has 4 heteroatoms. The van der Waals surface area contributed by atoms with Crippen LogP contribution in [0.4, 0.5) is 13.2 Å². The van der Waals surface area contributed by atoms with Crippen molar-refractivity contribution in [2.24, 2.45) is 5.73 Å². The van der Waals surface area contributed by atoms with Gasteiger partial charge in [-0.05, 0) is 6.07 Å². The van der Waals surface area contributed by atoms with E-state index in [9.17, 15) is 13.2 Å². The fourth-order valence-corrected chi connectivity index (χ4v) is 0.925. The molecule has 0 aliphatic heterocycles.